The van der Waals surface area contributed by atoms with Crippen LogP contribution in [0.5, 0.6) is 0 Å². The van der Waals surface area contributed by atoms with Crippen LogP contribution < -0.4 is 11.1 Å². The molecule has 2 atom stereocenters. The number of nitrogens with two attached hydrogens (primary N) is 1. The van der Waals surface area contributed by atoms with Crippen LogP contribution in [0.1, 0.15) is 31.9 Å². The molecule has 2 fully saturated rings. The molecular formula is C17H21FN4O3. The van der Waals surface area contributed by atoms with E-state index in [2.05, 4.69) is 5.32 Å². The molecule has 1 spiro atoms. The monoisotopic (exact) mass is 348 g/mol. The zero-order valence-electron chi connectivity index (χ0n) is 14.2. The molecule has 7 nitrogen and oxygen atoms in total. The third-order valence-electron chi connectivity index (χ3n) is 4.83. The highest BCUT2D eigenvalue weighted by Crippen LogP contribution is 2.34. The van der Waals surface area contributed by atoms with Crippen molar-refractivity contribution in [2.45, 2.75) is 37.9 Å². The Morgan fingerprint density at radius 3 is 2.44 bits per heavy atom. The molecule has 0 unspecified atom stereocenters. The van der Waals surface area contributed by atoms with Gasteiger partial charge in [0.2, 0.25) is 5.91 Å². The zero-order chi connectivity index (χ0) is 18.4. The first-order valence-corrected chi connectivity index (χ1v) is 8.20. The van der Waals surface area contributed by atoms with E-state index in [0.717, 1.165) is 0 Å². The topological polar surface area (TPSA) is 95.7 Å². The SMILES string of the molecule is CC(C)N1C(=O)N[C@]2(CCN([C@@H](C(N)=O)c3ccc(F)cc3)C2)C1=O. The molecule has 0 radical (unpaired) electrons. The van der Waals surface area contributed by atoms with Crippen molar-refractivity contribution in [1.82, 2.24) is 15.1 Å². The molecule has 8 heteroatoms. The van der Waals surface area contributed by atoms with Gasteiger partial charge in [-0.15, -0.1) is 0 Å². The van der Waals surface area contributed by atoms with Crippen LogP contribution >= 0.6 is 0 Å². The van der Waals surface area contributed by atoms with Gasteiger partial charge in [-0.25, -0.2) is 9.18 Å². The highest BCUT2D eigenvalue weighted by atomic mass is 19.1. The summed E-state index contributed by atoms with van der Waals surface area (Å²) < 4.78 is 13.2. The molecule has 0 saturated carbocycles. The fourth-order valence-electron chi connectivity index (χ4n) is 3.65. The van der Waals surface area contributed by atoms with E-state index in [1.807, 2.05) is 0 Å². The number of primary amides is 1. The van der Waals surface area contributed by atoms with E-state index in [1.165, 1.54) is 29.2 Å². The molecule has 1 aromatic rings. The van der Waals surface area contributed by atoms with Crippen LogP contribution in [-0.2, 0) is 9.59 Å². The van der Waals surface area contributed by atoms with Crippen LogP contribution in [0.3, 0.4) is 0 Å². The molecular weight excluding hydrogens is 327 g/mol. The fourth-order valence-corrected chi connectivity index (χ4v) is 3.65. The standard InChI is InChI=1S/C17H21FN4O3/c1-10(2)22-15(24)17(20-16(22)25)7-8-21(9-17)13(14(19)23)11-3-5-12(18)6-4-11/h3-6,10,13H,7-9H2,1-2H3,(H2,19,23)(H,20,25)/t13-,17+/m1/s1. The van der Waals surface area contributed by atoms with Crippen molar-refractivity contribution in [2.75, 3.05) is 13.1 Å². The number of nitrogens with one attached hydrogen (secondary N) is 1. The minimum Gasteiger partial charge on any atom is -0.368 e. The number of hydrogen-bond acceptors (Lipinski definition) is 4. The predicted molar refractivity (Wildman–Crippen MR) is 87.8 cm³/mol. The predicted octanol–water partition coefficient (Wildman–Crippen LogP) is 0.757. The molecule has 2 aliphatic rings. The second-order valence-corrected chi connectivity index (χ2v) is 6.86. The molecule has 2 saturated heterocycles. The number of hydrogen-bond donors (Lipinski definition) is 2. The Bertz CT molecular complexity index is 721. The van der Waals surface area contributed by atoms with E-state index >= 15 is 0 Å². The van der Waals surface area contributed by atoms with Gasteiger partial charge in [0, 0.05) is 19.1 Å². The number of likely N-dealkylation sites (tertiary alicyclic amines) is 1. The average molecular weight is 348 g/mol. The lowest BCUT2D eigenvalue weighted by atomic mass is 9.98. The van der Waals surface area contributed by atoms with Gasteiger partial charge in [-0.3, -0.25) is 19.4 Å². The number of rotatable bonds is 4. The van der Waals surface area contributed by atoms with E-state index < -0.39 is 29.3 Å². The molecule has 0 bridgehead atoms. The quantitative estimate of drug-likeness (QED) is 0.785. The van der Waals surface area contributed by atoms with Crippen molar-refractivity contribution < 1.29 is 18.8 Å². The summed E-state index contributed by atoms with van der Waals surface area (Å²) in [5.74, 6) is -1.27. The summed E-state index contributed by atoms with van der Waals surface area (Å²) in [4.78, 5) is 39.9. The van der Waals surface area contributed by atoms with Crippen molar-refractivity contribution in [1.29, 1.82) is 0 Å². The summed E-state index contributed by atoms with van der Waals surface area (Å²) in [6, 6.07) is 4.10. The van der Waals surface area contributed by atoms with Crippen LogP contribution in [0.4, 0.5) is 9.18 Å². The minimum absolute atomic E-state index is 0.186. The largest absolute Gasteiger partial charge is 0.368 e. The van der Waals surface area contributed by atoms with Crippen molar-refractivity contribution >= 4 is 17.8 Å². The summed E-state index contributed by atoms with van der Waals surface area (Å²) in [5.41, 5.74) is 5.08. The summed E-state index contributed by atoms with van der Waals surface area (Å²) in [5, 5.41) is 2.78. The maximum Gasteiger partial charge on any atom is 0.325 e. The molecule has 3 rings (SSSR count). The number of amides is 4. The first kappa shape index (κ1) is 17.3. The number of halogens is 1. The highest BCUT2D eigenvalue weighted by Gasteiger charge is 2.56. The van der Waals surface area contributed by atoms with Gasteiger partial charge in [-0.2, -0.15) is 0 Å². The Balaban J connectivity index is 1.86. The van der Waals surface area contributed by atoms with Gasteiger partial charge in [-0.05, 0) is 38.0 Å². The summed E-state index contributed by atoms with van der Waals surface area (Å²) in [6.07, 6.45) is 0.395. The Morgan fingerprint density at radius 2 is 1.92 bits per heavy atom. The van der Waals surface area contributed by atoms with Gasteiger partial charge in [-0.1, -0.05) is 12.1 Å². The number of benzene rings is 1. The molecule has 2 heterocycles. The second-order valence-electron chi connectivity index (χ2n) is 6.86. The third-order valence-corrected chi connectivity index (χ3v) is 4.83. The van der Waals surface area contributed by atoms with E-state index in [1.54, 1.807) is 18.7 Å². The molecule has 134 valence electrons. The smallest absolute Gasteiger partial charge is 0.325 e. The first-order valence-electron chi connectivity index (χ1n) is 8.20. The molecule has 3 N–H and O–H groups in total. The van der Waals surface area contributed by atoms with Crippen molar-refractivity contribution in [3.63, 3.8) is 0 Å². The lowest BCUT2D eigenvalue weighted by Gasteiger charge is -2.27. The van der Waals surface area contributed by atoms with Gasteiger partial charge in [0.15, 0.2) is 0 Å². The van der Waals surface area contributed by atoms with Crippen LogP contribution in [0.25, 0.3) is 0 Å². The lowest BCUT2D eigenvalue weighted by Crippen LogP contribution is -2.50. The van der Waals surface area contributed by atoms with Crippen molar-refractivity contribution in [2.24, 2.45) is 5.73 Å². The fraction of sp³-hybridized carbons (Fsp3) is 0.471. The number of urea groups is 1. The third kappa shape index (κ3) is 2.86. The van der Waals surface area contributed by atoms with Crippen LogP contribution in [0.15, 0.2) is 24.3 Å². The van der Waals surface area contributed by atoms with Gasteiger partial charge < -0.3 is 11.1 Å². The molecule has 1 aromatic carbocycles. The number of nitrogens with zero attached hydrogens (tertiary/aromatic N) is 2. The maximum absolute atomic E-state index is 13.2. The Morgan fingerprint density at radius 1 is 1.28 bits per heavy atom. The van der Waals surface area contributed by atoms with Crippen LogP contribution in [-0.4, -0.2) is 52.3 Å². The Kier molecular flexibility index (Phi) is 4.24. The lowest BCUT2D eigenvalue weighted by molar-refractivity contribution is -0.132. The van der Waals surface area contributed by atoms with Gasteiger partial charge in [0.05, 0.1) is 0 Å². The Hall–Kier alpha value is -2.48. The highest BCUT2D eigenvalue weighted by molar-refractivity contribution is 6.07. The number of imide groups is 1. The molecule has 4 amide bonds. The van der Waals surface area contributed by atoms with E-state index in [0.29, 0.717) is 18.5 Å². The van der Waals surface area contributed by atoms with Gasteiger partial charge >= 0.3 is 6.03 Å². The number of carbonyl (C=O) groups is 3. The summed E-state index contributed by atoms with van der Waals surface area (Å²) in [7, 11) is 0. The van der Waals surface area contributed by atoms with E-state index in [4.69, 9.17) is 5.73 Å². The minimum atomic E-state index is -1.03. The molecule has 25 heavy (non-hydrogen) atoms. The zero-order valence-corrected chi connectivity index (χ0v) is 14.2. The van der Waals surface area contributed by atoms with Crippen LogP contribution in [0, 0.1) is 5.82 Å². The average Bonchev–Trinajstić information content (AvgIpc) is 3.03. The van der Waals surface area contributed by atoms with E-state index in [9.17, 15) is 18.8 Å². The van der Waals surface area contributed by atoms with Gasteiger partial charge in [0.25, 0.3) is 5.91 Å². The summed E-state index contributed by atoms with van der Waals surface area (Å²) in [6.45, 7) is 4.15. The molecule has 0 aliphatic carbocycles. The summed E-state index contributed by atoms with van der Waals surface area (Å²) >= 11 is 0. The van der Waals surface area contributed by atoms with Gasteiger partial charge in [0.1, 0.15) is 17.4 Å². The first-order chi connectivity index (χ1) is 11.7. The normalized spacial score (nSPS) is 25.0. The van der Waals surface area contributed by atoms with Crippen LogP contribution in [0.2, 0.25) is 0 Å². The van der Waals surface area contributed by atoms with Crippen molar-refractivity contribution in [3.8, 4) is 0 Å². The molecule has 2 aliphatic heterocycles. The van der Waals surface area contributed by atoms with E-state index in [-0.39, 0.29) is 18.5 Å². The number of carbonyl (C=O) groups excluding carboxylic acids is 3. The molecule has 0 aromatic heterocycles. The van der Waals surface area contributed by atoms with Crippen molar-refractivity contribution in [3.05, 3.63) is 35.6 Å². The second kappa shape index (κ2) is 6.11. The maximum atomic E-state index is 13.2. The Labute approximate surface area is 144 Å².